The Hall–Kier alpha value is -2.74. The van der Waals surface area contributed by atoms with Gasteiger partial charge in [-0.3, -0.25) is 0 Å². The Morgan fingerprint density at radius 2 is 2.12 bits per heavy atom. The molecule has 25 heavy (non-hydrogen) atoms. The van der Waals surface area contributed by atoms with Crippen LogP contribution in [-0.4, -0.2) is 42.4 Å². The Kier molecular flexibility index (Phi) is 3.96. The summed E-state index contributed by atoms with van der Waals surface area (Å²) >= 11 is 0. The molecule has 8 nitrogen and oxygen atoms in total. The van der Waals surface area contributed by atoms with Crippen LogP contribution in [0.5, 0.6) is 11.8 Å². The number of imidazole rings is 1. The lowest BCUT2D eigenvalue weighted by Crippen LogP contribution is -2.33. The predicted molar refractivity (Wildman–Crippen MR) is 89.8 cm³/mol. The lowest BCUT2D eigenvalue weighted by molar-refractivity contribution is -0.0604. The van der Waals surface area contributed by atoms with Gasteiger partial charge in [0, 0.05) is 30.6 Å². The van der Waals surface area contributed by atoms with Crippen LogP contribution in [0.1, 0.15) is 38.4 Å². The number of aromatic amines is 1. The van der Waals surface area contributed by atoms with Crippen molar-refractivity contribution in [2.24, 2.45) is 0 Å². The topological polar surface area (TPSA) is 90.7 Å². The molecule has 3 aromatic rings. The van der Waals surface area contributed by atoms with Gasteiger partial charge in [0.15, 0.2) is 0 Å². The average Bonchev–Trinajstić information content (AvgIpc) is 3.26. The molecular weight excluding hydrogens is 320 g/mol. The predicted octanol–water partition coefficient (Wildman–Crippen LogP) is 2.85. The summed E-state index contributed by atoms with van der Waals surface area (Å²) in [5.41, 5.74) is 0.930. The first-order chi connectivity index (χ1) is 12.1. The largest absolute Gasteiger partial charge is 0.422 e. The third-order valence-corrected chi connectivity index (χ3v) is 4.38. The minimum atomic E-state index is -0.109. The molecule has 4 rings (SSSR count). The molecule has 0 spiro atoms. The van der Waals surface area contributed by atoms with Crippen molar-refractivity contribution in [2.45, 2.75) is 38.2 Å². The zero-order chi connectivity index (χ0) is 17.3. The second-order valence-corrected chi connectivity index (χ2v) is 6.74. The maximum atomic E-state index is 5.83. The molecule has 0 aliphatic carbocycles. The highest BCUT2D eigenvalue weighted by atomic mass is 16.5. The van der Waals surface area contributed by atoms with Crippen molar-refractivity contribution < 1.29 is 9.47 Å². The fourth-order valence-electron chi connectivity index (χ4n) is 3.26. The third-order valence-electron chi connectivity index (χ3n) is 4.38. The molecule has 1 saturated heterocycles. The summed E-state index contributed by atoms with van der Waals surface area (Å²) in [7, 11) is 0. The van der Waals surface area contributed by atoms with E-state index in [2.05, 4.69) is 44.0 Å². The average molecular weight is 340 g/mol. The van der Waals surface area contributed by atoms with E-state index in [-0.39, 0.29) is 11.6 Å². The molecular formula is C17H20N6O2. The van der Waals surface area contributed by atoms with Crippen molar-refractivity contribution in [3.8, 4) is 17.4 Å². The third kappa shape index (κ3) is 3.39. The van der Waals surface area contributed by atoms with E-state index < -0.39 is 0 Å². The first kappa shape index (κ1) is 15.8. The number of hydrogen-bond donors (Lipinski definition) is 1. The molecule has 1 aromatic carbocycles. The monoisotopic (exact) mass is 340 g/mol. The van der Waals surface area contributed by atoms with Gasteiger partial charge < -0.3 is 14.0 Å². The zero-order valence-electron chi connectivity index (χ0n) is 14.2. The molecule has 2 aromatic heterocycles. The number of benzene rings is 1. The molecule has 0 bridgehead atoms. The quantitative estimate of drug-likeness (QED) is 0.785. The molecule has 8 heteroatoms. The van der Waals surface area contributed by atoms with Crippen LogP contribution in [0.25, 0.3) is 5.69 Å². The number of rotatable bonds is 4. The summed E-state index contributed by atoms with van der Waals surface area (Å²) < 4.78 is 13.5. The molecule has 130 valence electrons. The number of tetrazole rings is 1. The van der Waals surface area contributed by atoms with Crippen LogP contribution in [0.2, 0.25) is 0 Å². The summed E-state index contributed by atoms with van der Waals surface area (Å²) in [6.45, 7) is 5.04. The summed E-state index contributed by atoms with van der Waals surface area (Å²) in [6, 6.07) is 7.93. The van der Waals surface area contributed by atoms with E-state index in [9.17, 15) is 0 Å². The van der Waals surface area contributed by atoms with E-state index in [4.69, 9.17) is 9.47 Å². The first-order valence-electron chi connectivity index (χ1n) is 8.30. The summed E-state index contributed by atoms with van der Waals surface area (Å²) in [5.74, 6) is 2.11. The van der Waals surface area contributed by atoms with Gasteiger partial charge >= 0.3 is 6.01 Å². The van der Waals surface area contributed by atoms with Gasteiger partial charge in [-0.05, 0) is 56.2 Å². The van der Waals surface area contributed by atoms with Crippen molar-refractivity contribution in [1.82, 2.24) is 30.2 Å². The first-order valence-corrected chi connectivity index (χ1v) is 8.30. The number of H-pyrrole nitrogens is 1. The molecule has 0 amide bonds. The smallest absolute Gasteiger partial charge is 0.361 e. The second kappa shape index (κ2) is 6.29. The number of ether oxygens (including phenoxy) is 2. The Balaban J connectivity index is 1.55. The molecule has 1 aliphatic rings. The van der Waals surface area contributed by atoms with Crippen LogP contribution in [0.3, 0.4) is 0 Å². The molecule has 1 fully saturated rings. The maximum Gasteiger partial charge on any atom is 0.361 e. The number of nitrogens with one attached hydrogen (secondary N) is 1. The van der Waals surface area contributed by atoms with Crippen LogP contribution >= 0.6 is 0 Å². The second-order valence-electron chi connectivity index (χ2n) is 6.74. The van der Waals surface area contributed by atoms with Gasteiger partial charge in [-0.2, -0.15) is 5.21 Å². The van der Waals surface area contributed by atoms with Gasteiger partial charge in [0.2, 0.25) is 0 Å². The van der Waals surface area contributed by atoms with E-state index in [1.807, 2.05) is 36.7 Å². The highest BCUT2D eigenvalue weighted by Gasteiger charge is 2.32. The number of aromatic nitrogens is 6. The molecule has 3 heterocycles. The van der Waals surface area contributed by atoms with Crippen molar-refractivity contribution in [2.75, 3.05) is 6.61 Å². The highest BCUT2D eigenvalue weighted by Crippen LogP contribution is 2.35. The van der Waals surface area contributed by atoms with Crippen molar-refractivity contribution in [3.05, 3.63) is 42.5 Å². The van der Waals surface area contributed by atoms with Crippen LogP contribution in [0.15, 0.2) is 36.7 Å². The molecule has 1 unspecified atom stereocenters. The normalized spacial score (nSPS) is 19.7. The van der Waals surface area contributed by atoms with E-state index in [1.165, 1.54) is 0 Å². The van der Waals surface area contributed by atoms with Crippen LogP contribution < -0.4 is 4.74 Å². The SMILES string of the molecule is CC1(C)CC(c2nccn2-c2ccc(Oc3nn[nH]n3)cc2)CCO1. The van der Waals surface area contributed by atoms with Crippen LogP contribution in [-0.2, 0) is 4.74 Å². The van der Waals surface area contributed by atoms with Crippen LogP contribution in [0, 0.1) is 0 Å². The minimum absolute atomic E-state index is 0.109. The molecule has 0 saturated carbocycles. The highest BCUT2D eigenvalue weighted by molar-refractivity contribution is 5.39. The summed E-state index contributed by atoms with van der Waals surface area (Å²) in [6.07, 6.45) is 5.79. The standard InChI is InChI=1S/C17H20N6O2/c1-17(2)11-12(7-10-24-17)15-18-8-9-23(15)13-3-5-14(6-4-13)25-16-19-21-22-20-16/h3-6,8-9,12H,7,10-11H2,1-2H3,(H,19,20,21,22). The number of hydrogen-bond acceptors (Lipinski definition) is 6. The van der Waals surface area contributed by atoms with Gasteiger partial charge in [-0.25, -0.2) is 4.98 Å². The lowest BCUT2D eigenvalue weighted by Gasteiger charge is -2.35. The van der Waals surface area contributed by atoms with Crippen LogP contribution in [0.4, 0.5) is 0 Å². The fraction of sp³-hybridized carbons (Fsp3) is 0.412. The summed E-state index contributed by atoms with van der Waals surface area (Å²) in [5, 5.41) is 13.4. The van der Waals surface area contributed by atoms with Gasteiger partial charge in [-0.15, -0.1) is 0 Å². The molecule has 1 N–H and O–H groups in total. The van der Waals surface area contributed by atoms with Gasteiger partial charge in [0.05, 0.1) is 5.60 Å². The zero-order valence-corrected chi connectivity index (χ0v) is 14.2. The van der Waals surface area contributed by atoms with Crippen molar-refractivity contribution in [3.63, 3.8) is 0 Å². The Morgan fingerprint density at radius 3 is 2.84 bits per heavy atom. The van der Waals surface area contributed by atoms with Gasteiger partial charge in [0.25, 0.3) is 0 Å². The van der Waals surface area contributed by atoms with Gasteiger partial charge in [0.1, 0.15) is 11.6 Å². The van der Waals surface area contributed by atoms with E-state index in [0.717, 1.165) is 31.0 Å². The Morgan fingerprint density at radius 1 is 1.28 bits per heavy atom. The number of nitrogens with zero attached hydrogens (tertiary/aromatic N) is 5. The minimum Gasteiger partial charge on any atom is -0.422 e. The van der Waals surface area contributed by atoms with Crippen molar-refractivity contribution >= 4 is 0 Å². The van der Waals surface area contributed by atoms with Gasteiger partial charge in [-0.1, -0.05) is 10.2 Å². The lowest BCUT2D eigenvalue weighted by atomic mass is 9.88. The fourth-order valence-corrected chi connectivity index (χ4v) is 3.26. The Bertz CT molecular complexity index is 825. The molecule has 1 atom stereocenters. The van der Waals surface area contributed by atoms with E-state index >= 15 is 0 Å². The van der Waals surface area contributed by atoms with E-state index in [0.29, 0.717) is 11.7 Å². The maximum absolute atomic E-state index is 5.83. The molecule has 1 aliphatic heterocycles. The summed E-state index contributed by atoms with van der Waals surface area (Å²) in [4.78, 5) is 4.61. The molecule has 0 radical (unpaired) electrons. The van der Waals surface area contributed by atoms with E-state index in [1.54, 1.807) is 0 Å². The Labute approximate surface area is 145 Å². The van der Waals surface area contributed by atoms with Crippen molar-refractivity contribution in [1.29, 1.82) is 0 Å².